The minimum atomic E-state index is -4.55. The summed E-state index contributed by atoms with van der Waals surface area (Å²) in [5, 5.41) is -0.260. The normalized spacial score (nSPS) is 12.3. The number of halogens is 4. The first-order valence-corrected chi connectivity index (χ1v) is 8.99. The van der Waals surface area contributed by atoms with Crippen molar-refractivity contribution in [2.75, 3.05) is 4.72 Å². The molecule has 142 valence electrons. The second-order valence-electron chi connectivity index (χ2n) is 5.42. The van der Waals surface area contributed by atoms with E-state index in [4.69, 9.17) is 11.6 Å². The van der Waals surface area contributed by atoms with Crippen molar-refractivity contribution in [3.63, 3.8) is 0 Å². The number of aromatic amines is 2. The summed E-state index contributed by atoms with van der Waals surface area (Å²) in [6.45, 7) is 0. The van der Waals surface area contributed by atoms with Crippen molar-refractivity contribution in [2.45, 2.75) is 11.1 Å². The van der Waals surface area contributed by atoms with Crippen LogP contribution in [0.3, 0.4) is 0 Å². The van der Waals surface area contributed by atoms with Crippen LogP contribution in [0.1, 0.15) is 5.56 Å². The van der Waals surface area contributed by atoms with Gasteiger partial charge in [-0.25, -0.2) is 8.42 Å². The summed E-state index contributed by atoms with van der Waals surface area (Å²) in [7, 11) is -4.28. The van der Waals surface area contributed by atoms with E-state index in [1.807, 2.05) is 0 Å². The number of fused-ring (bicyclic) bond motifs is 1. The molecule has 3 rings (SSSR count). The Morgan fingerprint density at radius 3 is 1.96 bits per heavy atom. The summed E-state index contributed by atoms with van der Waals surface area (Å²) in [4.78, 5) is 26.7. The van der Waals surface area contributed by atoms with Gasteiger partial charge in [0.1, 0.15) is 4.90 Å². The molecule has 0 aliphatic rings. The Kier molecular flexibility index (Phi) is 4.52. The average molecular weight is 420 g/mol. The fourth-order valence-corrected chi connectivity index (χ4v) is 3.88. The third kappa shape index (κ3) is 3.83. The molecule has 1 aromatic heterocycles. The van der Waals surface area contributed by atoms with Gasteiger partial charge >= 0.3 is 17.3 Å². The van der Waals surface area contributed by atoms with Gasteiger partial charge in [-0.3, -0.25) is 14.3 Å². The van der Waals surface area contributed by atoms with Crippen LogP contribution in [0.5, 0.6) is 0 Å². The molecule has 0 aliphatic carbocycles. The zero-order valence-corrected chi connectivity index (χ0v) is 14.6. The van der Waals surface area contributed by atoms with Crippen LogP contribution in [0.25, 0.3) is 11.0 Å². The van der Waals surface area contributed by atoms with Crippen LogP contribution in [0.4, 0.5) is 18.9 Å². The molecular formula is C15H9ClF3N3O4S. The highest BCUT2D eigenvalue weighted by Crippen LogP contribution is 2.31. The van der Waals surface area contributed by atoms with E-state index in [1.165, 1.54) is 0 Å². The largest absolute Gasteiger partial charge is 0.416 e. The van der Waals surface area contributed by atoms with Gasteiger partial charge in [0.25, 0.3) is 10.0 Å². The van der Waals surface area contributed by atoms with E-state index in [2.05, 4.69) is 14.7 Å². The molecule has 0 saturated carbocycles. The molecule has 0 unspecified atom stereocenters. The second-order valence-corrected chi connectivity index (χ2v) is 7.48. The van der Waals surface area contributed by atoms with Crippen LogP contribution in [-0.2, 0) is 16.2 Å². The molecule has 2 aromatic carbocycles. The van der Waals surface area contributed by atoms with Crippen LogP contribution >= 0.6 is 11.6 Å². The van der Waals surface area contributed by atoms with Crippen LogP contribution in [0.2, 0.25) is 5.02 Å². The Labute approximate surface area is 153 Å². The third-order valence-corrected chi connectivity index (χ3v) is 5.37. The highest BCUT2D eigenvalue weighted by atomic mass is 35.5. The Morgan fingerprint density at radius 1 is 0.926 bits per heavy atom. The molecule has 1 heterocycles. The molecule has 3 aromatic rings. The van der Waals surface area contributed by atoms with Crippen LogP contribution in [0, 0.1) is 0 Å². The lowest BCUT2D eigenvalue weighted by Gasteiger charge is -2.12. The predicted octanol–water partition coefficient (Wildman–Crippen LogP) is 2.69. The van der Waals surface area contributed by atoms with Gasteiger partial charge in [-0.15, -0.1) is 0 Å². The highest BCUT2D eigenvalue weighted by Gasteiger charge is 2.30. The number of hydrogen-bond acceptors (Lipinski definition) is 4. The summed E-state index contributed by atoms with van der Waals surface area (Å²) in [5.41, 5.74) is -2.85. The van der Waals surface area contributed by atoms with E-state index in [1.54, 1.807) is 0 Å². The van der Waals surface area contributed by atoms with Gasteiger partial charge in [-0.2, -0.15) is 13.2 Å². The number of sulfonamides is 1. The van der Waals surface area contributed by atoms with Gasteiger partial charge < -0.3 is 9.97 Å². The molecule has 0 bridgehead atoms. The number of anilines is 1. The van der Waals surface area contributed by atoms with Gasteiger partial charge in [0.2, 0.25) is 0 Å². The maximum atomic E-state index is 12.6. The van der Waals surface area contributed by atoms with Crippen LogP contribution in [-0.4, -0.2) is 18.4 Å². The van der Waals surface area contributed by atoms with E-state index >= 15 is 0 Å². The van der Waals surface area contributed by atoms with Crippen LogP contribution in [0.15, 0.2) is 50.9 Å². The van der Waals surface area contributed by atoms with Crippen molar-refractivity contribution in [2.24, 2.45) is 0 Å². The number of alkyl halides is 3. The van der Waals surface area contributed by atoms with Crippen molar-refractivity contribution in [3.05, 3.63) is 67.7 Å². The Morgan fingerprint density at radius 2 is 1.44 bits per heavy atom. The maximum Gasteiger partial charge on any atom is 0.416 e. The zero-order chi connectivity index (χ0) is 20.0. The molecule has 0 radical (unpaired) electrons. The topological polar surface area (TPSA) is 112 Å². The fraction of sp³-hybridized carbons (Fsp3) is 0.0667. The average Bonchev–Trinajstić information content (AvgIpc) is 2.55. The molecule has 0 fully saturated rings. The van der Waals surface area contributed by atoms with Crippen molar-refractivity contribution < 1.29 is 21.6 Å². The van der Waals surface area contributed by atoms with Gasteiger partial charge in [0.05, 0.1) is 21.6 Å². The van der Waals surface area contributed by atoms with E-state index in [-0.39, 0.29) is 21.7 Å². The monoisotopic (exact) mass is 419 g/mol. The molecule has 7 nitrogen and oxygen atoms in total. The van der Waals surface area contributed by atoms with Crippen LogP contribution < -0.4 is 15.8 Å². The SMILES string of the molecule is O=c1[nH]c2cc(Cl)c(S(=O)(=O)Nc3ccc(C(F)(F)F)cc3)cc2[nH]c1=O. The standard InChI is InChI=1S/C15H9ClF3N3O4S/c16-9-5-10-11(21-14(24)13(23)20-10)6-12(9)27(25,26)22-8-3-1-7(2-4-8)15(17,18)19/h1-6,22H,(H,20,23)(H,21,24). The fourth-order valence-electron chi connectivity index (χ4n) is 2.26. The number of nitrogens with one attached hydrogen (secondary N) is 3. The van der Waals surface area contributed by atoms with E-state index in [0.29, 0.717) is 0 Å². The first-order valence-electron chi connectivity index (χ1n) is 7.13. The third-order valence-electron chi connectivity index (χ3n) is 3.53. The van der Waals surface area contributed by atoms with Crippen molar-refractivity contribution in [1.82, 2.24) is 9.97 Å². The zero-order valence-electron chi connectivity index (χ0n) is 13.0. The predicted molar refractivity (Wildman–Crippen MR) is 92.5 cm³/mol. The lowest BCUT2D eigenvalue weighted by Crippen LogP contribution is -2.29. The minimum absolute atomic E-state index is 0.0109. The minimum Gasteiger partial charge on any atom is -0.316 e. The maximum absolute atomic E-state index is 12.6. The summed E-state index contributed by atoms with van der Waals surface area (Å²) < 4.78 is 64.9. The van der Waals surface area contributed by atoms with Gasteiger partial charge in [-0.05, 0) is 36.4 Å². The van der Waals surface area contributed by atoms with E-state index < -0.39 is 37.8 Å². The van der Waals surface area contributed by atoms with E-state index in [9.17, 15) is 31.2 Å². The quantitative estimate of drug-likeness (QED) is 0.566. The number of hydrogen-bond donors (Lipinski definition) is 3. The molecule has 27 heavy (non-hydrogen) atoms. The molecular weight excluding hydrogens is 411 g/mol. The second kappa shape index (κ2) is 6.43. The molecule has 3 N–H and O–H groups in total. The van der Waals surface area contributed by atoms with E-state index in [0.717, 1.165) is 36.4 Å². The first kappa shape index (κ1) is 19.0. The Hall–Kier alpha value is -2.79. The number of H-pyrrole nitrogens is 2. The lowest BCUT2D eigenvalue weighted by molar-refractivity contribution is -0.137. The van der Waals surface area contributed by atoms with Gasteiger partial charge in [-0.1, -0.05) is 11.6 Å². The summed E-state index contributed by atoms with van der Waals surface area (Å²) in [6.07, 6.45) is -4.55. The Balaban J connectivity index is 2.02. The molecule has 0 saturated heterocycles. The molecule has 0 amide bonds. The lowest BCUT2D eigenvalue weighted by atomic mass is 10.2. The molecule has 12 heteroatoms. The molecule has 0 atom stereocenters. The van der Waals surface area contributed by atoms with Crippen molar-refractivity contribution >= 4 is 38.3 Å². The number of aromatic nitrogens is 2. The summed E-state index contributed by atoms with van der Waals surface area (Å²) >= 11 is 5.95. The molecule has 0 spiro atoms. The van der Waals surface area contributed by atoms with Gasteiger partial charge in [0.15, 0.2) is 0 Å². The molecule has 0 aliphatic heterocycles. The first-order chi connectivity index (χ1) is 12.5. The van der Waals surface area contributed by atoms with Crippen molar-refractivity contribution in [3.8, 4) is 0 Å². The summed E-state index contributed by atoms with van der Waals surface area (Å²) in [5.74, 6) is 0. The summed E-state index contributed by atoms with van der Waals surface area (Å²) in [6, 6.07) is 5.52. The van der Waals surface area contributed by atoms with Gasteiger partial charge in [0, 0.05) is 5.69 Å². The Bertz CT molecular complexity index is 1250. The number of rotatable bonds is 3. The van der Waals surface area contributed by atoms with Crippen molar-refractivity contribution in [1.29, 1.82) is 0 Å². The number of benzene rings is 2. The highest BCUT2D eigenvalue weighted by molar-refractivity contribution is 7.92. The smallest absolute Gasteiger partial charge is 0.316 e.